The van der Waals surface area contributed by atoms with Gasteiger partial charge in [0.1, 0.15) is 0 Å². The van der Waals surface area contributed by atoms with Gasteiger partial charge in [-0.15, -0.1) is 0 Å². The van der Waals surface area contributed by atoms with Crippen LogP contribution in [-0.2, 0) is 10.3 Å². The molecule has 0 spiro atoms. The molecule has 20 heavy (non-hydrogen) atoms. The van der Waals surface area contributed by atoms with E-state index in [2.05, 4.69) is 41.2 Å². The smallest absolute Gasteiger partial charge is 0.235 e. The van der Waals surface area contributed by atoms with Gasteiger partial charge in [0.2, 0.25) is 6.08 Å². The number of nitrogens with zero attached hydrogens (tertiary/aromatic N) is 2. The van der Waals surface area contributed by atoms with Crippen LogP contribution >= 0.6 is 0 Å². The van der Waals surface area contributed by atoms with Crippen LogP contribution in [0.25, 0.3) is 0 Å². The zero-order chi connectivity index (χ0) is 14.0. The van der Waals surface area contributed by atoms with E-state index in [0.717, 1.165) is 19.3 Å². The van der Waals surface area contributed by atoms with E-state index in [0.29, 0.717) is 5.92 Å². The van der Waals surface area contributed by atoms with Gasteiger partial charge in [0, 0.05) is 0 Å². The first kappa shape index (κ1) is 13.5. The summed E-state index contributed by atoms with van der Waals surface area (Å²) in [7, 11) is 2.19. The molecule has 0 amide bonds. The molecule has 3 rings (SSSR count). The van der Waals surface area contributed by atoms with Gasteiger partial charge >= 0.3 is 0 Å². The highest BCUT2D eigenvalue weighted by molar-refractivity contribution is 5.40. The lowest BCUT2D eigenvalue weighted by Crippen LogP contribution is -2.32. The first-order chi connectivity index (χ1) is 9.73. The SMILES string of the molecule is CN1CCC(c2ccc(C3(N=C=O)CCC3)cc2)CC1. The molecule has 1 aromatic rings. The Hall–Kier alpha value is -1.44. The second-order valence-corrected chi connectivity index (χ2v) is 6.29. The molecule has 0 aromatic heterocycles. The van der Waals surface area contributed by atoms with Crippen LogP contribution in [0, 0.1) is 0 Å². The number of benzene rings is 1. The molecule has 0 N–H and O–H groups in total. The summed E-state index contributed by atoms with van der Waals surface area (Å²) in [5.74, 6) is 0.687. The van der Waals surface area contributed by atoms with Crippen molar-refractivity contribution in [3.05, 3.63) is 35.4 Å². The fourth-order valence-electron chi connectivity index (χ4n) is 3.47. The van der Waals surface area contributed by atoms with Crippen molar-refractivity contribution < 1.29 is 4.79 Å². The largest absolute Gasteiger partial charge is 0.306 e. The molecule has 3 nitrogen and oxygen atoms in total. The quantitative estimate of drug-likeness (QED) is 0.624. The molecule has 0 bridgehead atoms. The first-order valence-electron chi connectivity index (χ1n) is 7.61. The maximum atomic E-state index is 10.6. The zero-order valence-electron chi connectivity index (χ0n) is 12.1. The zero-order valence-corrected chi connectivity index (χ0v) is 12.1. The monoisotopic (exact) mass is 270 g/mol. The number of aliphatic imine (C=N–C) groups is 1. The second kappa shape index (κ2) is 5.51. The predicted molar refractivity (Wildman–Crippen MR) is 79.6 cm³/mol. The van der Waals surface area contributed by atoms with Crippen LogP contribution in [0.3, 0.4) is 0 Å². The van der Waals surface area contributed by atoms with Crippen molar-refractivity contribution in [3.63, 3.8) is 0 Å². The van der Waals surface area contributed by atoms with Crippen LogP contribution in [0.4, 0.5) is 0 Å². The molecule has 0 atom stereocenters. The number of rotatable bonds is 3. The summed E-state index contributed by atoms with van der Waals surface area (Å²) in [6, 6.07) is 8.83. The average Bonchev–Trinajstić information content (AvgIpc) is 2.44. The predicted octanol–water partition coefficient (Wildman–Crippen LogP) is 3.21. The lowest BCUT2D eigenvalue weighted by atomic mass is 9.72. The Morgan fingerprint density at radius 3 is 2.35 bits per heavy atom. The van der Waals surface area contributed by atoms with E-state index in [4.69, 9.17) is 0 Å². The van der Waals surface area contributed by atoms with Crippen molar-refractivity contribution in [2.24, 2.45) is 4.99 Å². The Bertz CT molecular complexity index is 504. The van der Waals surface area contributed by atoms with Crippen molar-refractivity contribution in [2.45, 2.75) is 43.6 Å². The fraction of sp³-hybridized carbons (Fsp3) is 0.588. The summed E-state index contributed by atoms with van der Waals surface area (Å²) in [5.41, 5.74) is 2.36. The maximum Gasteiger partial charge on any atom is 0.235 e. The Kier molecular flexibility index (Phi) is 3.73. The van der Waals surface area contributed by atoms with Gasteiger partial charge < -0.3 is 4.90 Å². The van der Waals surface area contributed by atoms with Gasteiger partial charge in [0.15, 0.2) is 0 Å². The van der Waals surface area contributed by atoms with E-state index in [1.165, 1.54) is 37.1 Å². The molecular weight excluding hydrogens is 248 g/mol. The van der Waals surface area contributed by atoms with Crippen molar-refractivity contribution in [1.29, 1.82) is 0 Å². The molecule has 1 aliphatic carbocycles. The van der Waals surface area contributed by atoms with Gasteiger partial charge in [0.05, 0.1) is 5.54 Å². The summed E-state index contributed by atoms with van der Waals surface area (Å²) in [5, 5.41) is 0. The maximum absolute atomic E-state index is 10.6. The van der Waals surface area contributed by atoms with Gasteiger partial charge in [-0.25, -0.2) is 4.79 Å². The molecule has 106 valence electrons. The number of hydrogen-bond acceptors (Lipinski definition) is 3. The molecular formula is C17H22N2O. The number of isocyanates is 1. The first-order valence-corrected chi connectivity index (χ1v) is 7.61. The van der Waals surface area contributed by atoms with E-state index in [9.17, 15) is 4.79 Å². The van der Waals surface area contributed by atoms with E-state index in [1.54, 1.807) is 6.08 Å². The van der Waals surface area contributed by atoms with Crippen LogP contribution in [0.15, 0.2) is 29.3 Å². The summed E-state index contributed by atoms with van der Waals surface area (Å²) in [6.07, 6.45) is 7.37. The highest BCUT2D eigenvalue weighted by atomic mass is 16.1. The number of likely N-dealkylation sites (tertiary alicyclic amines) is 1. The molecule has 0 radical (unpaired) electrons. The highest BCUT2D eigenvalue weighted by Crippen LogP contribution is 2.45. The van der Waals surface area contributed by atoms with Crippen LogP contribution in [0.2, 0.25) is 0 Å². The number of hydrogen-bond donors (Lipinski definition) is 0. The molecule has 2 aliphatic rings. The second-order valence-electron chi connectivity index (χ2n) is 6.29. The summed E-state index contributed by atoms with van der Waals surface area (Å²) < 4.78 is 0. The standard InChI is InChI=1S/C17H22N2O/c1-19-11-7-15(8-12-19)14-3-5-16(6-4-14)17(18-13-20)9-2-10-17/h3-6,15H,2,7-12H2,1H3. The number of carbonyl (C=O) groups excluding carboxylic acids is 1. The van der Waals surface area contributed by atoms with Crippen LogP contribution in [0.1, 0.15) is 49.1 Å². The Morgan fingerprint density at radius 1 is 1.20 bits per heavy atom. The molecule has 2 fully saturated rings. The summed E-state index contributed by atoms with van der Waals surface area (Å²) in [6.45, 7) is 2.37. The van der Waals surface area contributed by atoms with Crippen molar-refractivity contribution >= 4 is 6.08 Å². The molecule has 1 heterocycles. The lowest BCUT2D eigenvalue weighted by molar-refractivity contribution is 0.253. The van der Waals surface area contributed by atoms with Crippen LogP contribution < -0.4 is 0 Å². The highest BCUT2D eigenvalue weighted by Gasteiger charge is 2.38. The number of piperidine rings is 1. The fourth-order valence-corrected chi connectivity index (χ4v) is 3.47. The lowest BCUT2D eigenvalue weighted by Gasteiger charge is -2.37. The van der Waals surface area contributed by atoms with Gasteiger partial charge in [0.25, 0.3) is 0 Å². The normalized spacial score (nSPS) is 22.9. The molecule has 0 unspecified atom stereocenters. The Balaban J connectivity index is 1.76. The molecule has 1 aromatic carbocycles. The van der Waals surface area contributed by atoms with Crippen molar-refractivity contribution in [3.8, 4) is 0 Å². The third-order valence-corrected chi connectivity index (χ3v) is 5.08. The molecule has 1 saturated carbocycles. The molecule has 3 heteroatoms. The third-order valence-electron chi connectivity index (χ3n) is 5.08. The summed E-state index contributed by atoms with van der Waals surface area (Å²) in [4.78, 5) is 17.1. The van der Waals surface area contributed by atoms with Crippen LogP contribution in [0.5, 0.6) is 0 Å². The average molecular weight is 270 g/mol. The van der Waals surface area contributed by atoms with Gasteiger partial charge in [-0.05, 0) is 69.3 Å². The Labute approximate surface area is 120 Å². The minimum Gasteiger partial charge on any atom is -0.306 e. The van der Waals surface area contributed by atoms with Gasteiger partial charge in [-0.1, -0.05) is 24.3 Å². The molecule has 1 aliphatic heterocycles. The van der Waals surface area contributed by atoms with Gasteiger partial charge in [-0.3, -0.25) is 0 Å². The topological polar surface area (TPSA) is 32.7 Å². The summed E-state index contributed by atoms with van der Waals surface area (Å²) >= 11 is 0. The minimum absolute atomic E-state index is 0.257. The van der Waals surface area contributed by atoms with E-state index >= 15 is 0 Å². The third kappa shape index (κ3) is 2.44. The van der Waals surface area contributed by atoms with Crippen molar-refractivity contribution in [2.75, 3.05) is 20.1 Å². The van der Waals surface area contributed by atoms with E-state index in [-0.39, 0.29) is 5.54 Å². The molecule has 1 saturated heterocycles. The van der Waals surface area contributed by atoms with E-state index in [1.807, 2.05) is 0 Å². The van der Waals surface area contributed by atoms with E-state index < -0.39 is 0 Å². The van der Waals surface area contributed by atoms with Crippen molar-refractivity contribution in [1.82, 2.24) is 4.90 Å². The minimum atomic E-state index is -0.257. The Morgan fingerprint density at radius 2 is 1.85 bits per heavy atom. The van der Waals surface area contributed by atoms with Gasteiger partial charge in [-0.2, -0.15) is 4.99 Å². The van der Waals surface area contributed by atoms with Crippen LogP contribution in [-0.4, -0.2) is 31.1 Å².